The summed E-state index contributed by atoms with van der Waals surface area (Å²) in [4.78, 5) is 14.1. The minimum Gasteiger partial charge on any atom is -0.496 e. The van der Waals surface area contributed by atoms with Crippen LogP contribution in [-0.4, -0.2) is 38.6 Å². The highest BCUT2D eigenvalue weighted by atomic mass is 79.9. The largest absolute Gasteiger partial charge is 0.496 e. The summed E-state index contributed by atoms with van der Waals surface area (Å²) in [7, 11) is 5.57. The number of ether oxygens (including phenoxy) is 1. The van der Waals surface area contributed by atoms with E-state index in [-0.39, 0.29) is 17.7 Å². The maximum absolute atomic E-state index is 12.1. The van der Waals surface area contributed by atoms with Crippen molar-refractivity contribution in [2.45, 2.75) is 6.04 Å². The number of likely N-dealkylation sites (N-methyl/N-ethyl adjacent to an activating group) is 1. The molecule has 118 valence electrons. The average molecular weight is 367 g/mol. The molecule has 1 atom stereocenters. The maximum Gasteiger partial charge on any atom is 0.287 e. The van der Waals surface area contributed by atoms with Crippen molar-refractivity contribution in [1.82, 2.24) is 10.2 Å². The molecule has 0 spiro atoms. The molecule has 0 aliphatic rings. The molecule has 1 heterocycles. The smallest absolute Gasteiger partial charge is 0.287 e. The summed E-state index contributed by atoms with van der Waals surface area (Å²) >= 11 is 3.19. The number of carbonyl (C=O) groups is 1. The number of methoxy groups -OCH3 is 1. The highest BCUT2D eigenvalue weighted by Crippen LogP contribution is 2.27. The summed E-state index contributed by atoms with van der Waals surface area (Å²) in [5.74, 6) is 0.841. The van der Waals surface area contributed by atoms with E-state index in [1.807, 2.05) is 43.3 Å². The lowest BCUT2D eigenvalue weighted by molar-refractivity contribution is 0.0912. The van der Waals surface area contributed by atoms with Crippen LogP contribution in [0.15, 0.2) is 45.5 Å². The molecule has 0 fully saturated rings. The van der Waals surface area contributed by atoms with Crippen molar-refractivity contribution in [3.05, 3.63) is 52.4 Å². The van der Waals surface area contributed by atoms with Crippen LogP contribution in [0, 0.1) is 0 Å². The van der Waals surface area contributed by atoms with Gasteiger partial charge in [0.05, 0.1) is 13.2 Å². The standard InChI is InChI=1S/C16H19BrN2O3/c1-19(2)12(11-6-4-5-7-13(11)21-3)10-18-16(20)14-8-9-15(17)22-14/h4-9,12H,10H2,1-3H3,(H,18,20). The summed E-state index contributed by atoms with van der Waals surface area (Å²) < 4.78 is 11.2. The Morgan fingerprint density at radius 1 is 1.32 bits per heavy atom. The molecule has 0 aliphatic carbocycles. The Balaban J connectivity index is 2.11. The van der Waals surface area contributed by atoms with E-state index in [9.17, 15) is 4.79 Å². The molecule has 2 rings (SSSR count). The molecule has 2 aromatic rings. The molecular formula is C16H19BrN2O3. The van der Waals surface area contributed by atoms with Crippen LogP contribution < -0.4 is 10.1 Å². The van der Waals surface area contributed by atoms with E-state index >= 15 is 0 Å². The third-order valence-electron chi connectivity index (χ3n) is 3.37. The highest BCUT2D eigenvalue weighted by molar-refractivity contribution is 9.10. The van der Waals surface area contributed by atoms with Crippen molar-refractivity contribution in [3.63, 3.8) is 0 Å². The van der Waals surface area contributed by atoms with Gasteiger partial charge in [-0.2, -0.15) is 0 Å². The maximum atomic E-state index is 12.1. The van der Waals surface area contributed by atoms with Crippen molar-refractivity contribution >= 4 is 21.8 Å². The van der Waals surface area contributed by atoms with Gasteiger partial charge in [-0.05, 0) is 48.2 Å². The van der Waals surface area contributed by atoms with Crippen LogP contribution >= 0.6 is 15.9 Å². The Hall–Kier alpha value is -1.79. The summed E-state index contributed by atoms with van der Waals surface area (Å²) in [6.45, 7) is 0.449. The van der Waals surface area contributed by atoms with E-state index < -0.39 is 0 Å². The summed E-state index contributed by atoms with van der Waals surface area (Å²) in [6, 6.07) is 11.1. The van der Waals surface area contributed by atoms with Crippen molar-refractivity contribution in [2.75, 3.05) is 27.7 Å². The molecule has 0 saturated heterocycles. The van der Waals surface area contributed by atoms with Gasteiger partial charge < -0.3 is 19.4 Å². The Kier molecular flexibility index (Phi) is 5.63. The SMILES string of the molecule is COc1ccccc1C(CNC(=O)c1ccc(Br)o1)N(C)C. The van der Waals surface area contributed by atoms with Gasteiger partial charge in [-0.25, -0.2) is 0 Å². The lowest BCUT2D eigenvalue weighted by Crippen LogP contribution is -2.34. The molecule has 0 bridgehead atoms. The topological polar surface area (TPSA) is 54.7 Å². The Morgan fingerprint density at radius 2 is 2.05 bits per heavy atom. The van der Waals surface area contributed by atoms with E-state index in [4.69, 9.17) is 9.15 Å². The van der Waals surface area contributed by atoms with E-state index in [1.165, 1.54) is 0 Å². The van der Waals surface area contributed by atoms with E-state index in [0.717, 1.165) is 11.3 Å². The Labute approximate surface area is 138 Å². The number of nitrogens with one attached hydrogen (secondary N) is 1. The van der Waals surface area contributed by atoms with Crippen molar-refractivity contribution < 1.29 is 13.9 Å². The van der Waals surface area contributed by atoms with E-state index in [1.54, 1.807) is 19.2 Å². The highest BCUT2D eigenvalue weighted by Gasteiger charge is 2.20. The third kappa shape index (κ3) is 3.90. The first kappa shape index (κ1) is 16.6. The molecule has 22 heavy (non-hydrogen) atoms. The van der Waals surface area contributed by atoms with Crippen molar-refractivity contribution in [1.29, 1.82) is 0 Å². The van der Waals surface area contributed by atoms with Crippen LogP contribution in [0.1, 0.15) is 22.2 Å². The van der Waals surface area contributed by atoms with Crippen LogP contribution in [0.25, 0.3) is 0 Å². The van der Waals surface area contributed by atoms with Gasteiger partial charge in [-0.3, -0.25) is 4.79 Å². The predicted molar refractivity (Wildman–Crippen MR) is 88.2 cm³/mol. The first-order chi connectivity index (χ1) is 10.5. The number of hydrogen-bond acceptors (Lipinski definition) is 4. The fraction of sp³-hybridized carbons (Fsp3) is 0.312. The zero-order chi connectivity index (χ0) is 16.1. The number of para-hydroxylation sites is 1. The second-order valence-corrected chi connectivity index (χ2v) is 5.82. The predicted octanol–water partition coefficient (Wildman–Crippen LogP) is 3.08. The molecule has 1 unspecified atom stereocenters. The molecule has 1 aromatic heterocycles. The molecular weight excluding hydrogens is 348 g/mol. The Bertz CT molecular complexity index is 640. The second kappa shape index (κ2) is 7.47. The summed E-state index contributed by atoms with van der Waals surface area (Å²) in [5, 5.41) is 2.89. The second-order valence-electron chi connectivity index (χ2n) is 5.04. The molecule has 1 amide bonds. The normalized spacial score (nSPS) is 12.2. The fourth-order valence-electron chi connectivity index (χ4n) is 2.23. The van der Waals surface area contributed by atoms with Crippen LogP contribution in [-0.2, 0) is 0 Å². The zero-order valence-electron chi connectivity index (χ0n) is 12.8. The number of amides is 1. The molecule has 5 nitrogen and oxygen atoms in total. The number of nitrogens with zero attached hydrogens (tertiary/aromatic N) is 1. The molecule has 6 heteroatoms. The van der Waals surface area contributed by atoms with Gasteiger partial charge in [0.1, 0.15) is 5.75 Å². The van der Waals surface area contributed by atoms with Gasteiger partial charge in [-0.15, -0.1) is 0 Å². The monoisotopic (exact) mass is 366 g/mol. The van der Waals surface area contributed by atoms with Gasteiger partial charge >= 0.3 is 0 Å². The number of hydrogen-bond donors (Lipinski definition) is 1. The van der Waals surface area contributed by atoms with Gasteiger partial charge in [0.25, 0.3) is 5.91 Å². The van der Waals surface area contributed by atoms with Crippen LogP contribution in [0.3, 0.4) is 0 Å². The number of rotatable bonds is 6. The van der Waals surface area contributed by atoms with E-state index in [0.29, 0.717) is 11.2 Å². The van der Waals surface area contributed by atoms with Crippen LogP contribution in [0.2, 0.25) is 0 Å². The van der Waals surface area contributed by atoms with Crippen LogP contribution in [0.5, 0.6) is 5.75 Å². The summed E-state index contributed by atoms with van der Waals surface area (Å²) in [6.07, 6.45) is 0. The fourth-order valence-corrected chi connectivity index (χ4v) is 2.53. The quantitative estimate of drug-likeness (QED) is 0.853. The molecule has 0 radical (unpaired) electrons. The zero-order valence-corrected chi connectivity index (χ0v) is 14.4. The number of benzene rings is 1. The first-order valence-corrected chi connectivity index (χ1v) is 7.65. The van der Waals surface area contributed by atoms with Gasteiger partial charge in [0.2, 0.25) is 0 Å². The van der Waals surface area contributed by atoms with Crippen LogP contribution in [0.4, 0.5) is 0 Å². The Morgan fingerprint density at radius 3 is 2.64 bits per heavy atom. The average Bonchev–Trinajstić information content (AvgIpc) is 2.94. The van der Waals surface area contributed by atoms with E-state index in [2.05, 4.69) is 21.2 Å². The molecule has 0 aliphatic heterocycles. The molecule has 1 N–H and O–H groups in total. The van der Waals surface area contributed by atoms with Gasteiger partial charge in [-0.1, -0.05) is 18.2 Å². The lowest BCUT2D eigenvalue weighted by Gasteiger charge is -2.26. The number of furan rings is 1. The van der Waals surface area contributed by atoms with Gasteiger partial charge in [0.15, 0.2) is 10.4 Å². The van der Waals surface area contributed by atoms with Gasteiger partial charge in [0, 0.05) is 12.1 Å². The minimum absolute atomic E-state index is 0.00139. The molecule has 1 aromatic carbocycles. The first-order valence-electron chi connectivity index (χ1n) is 6.85. The van der Waals surface area contributed by atoms with Crippen molar-refractivity contribution in [2.24, 2.45) is 0 Å². The number of carbonyl (C=O) groups excluding carboxylic acids is 1. The van der Waals surface area contributed by atoms with Crippen molar-refractivity contribution in [3.8, 4) is 5.75 Å². The third-order valence-corrected chi connectivity index (χ3v) is 3.80. The molecule has 0 saturated carbocycles. The number of halogens is 1. The minimum atomic E-state index is -0.243. The lowest BCUT2D eigenvalue weighted by atomic mass is 10.0. The summed E-state index contributed by atoms with van der Waals surface area (Å²) in [5.41, 5.74) is 1.02.